The average molecular weight is 399 g/mol. The third-order valence-electron chi connectivity index (χ3n) is 5.50. The molecule has 0 spiro atoms. The molecule has 0 radical (unpaired) electrons. The first-order valence-electron chi connectivity index (χ1n) is 10.2. The lowest BCUT2D eigenvalue weighted by Crippen LogP contribution is -2.61. The van der Waals surface area contributed by atoms with Gasteiger partial charge in [-0.05, 0) is 42.9 Å². The largest absolute Gasteiger partial charge is 0.394 e. The number of piperidine rings is 1. The zero-order valence-corrected chi connectivity index (χ0v) is 17.1. The Bertz CT molecular complexity index is 817. The molecule has 1 aliphatic rings. The molecule has 0 bridgehead atoms. The van der Waals surface area contributed by atoms with Crippen LogP contribution in [0.4, 0.5) is 0 Å². The molecule has 1 saturated heterocycles. The van der Waals surface area contributed by atoms with Crippen LogP contribution in [0.2, 0.25) is 0 Å². The van der Waals surface area contributed by atoms with Gasteiger partial charge in [-0.1, -0.05) is 26.0 Å². The molecular formula is C22H30N4O3. The molecule has 0 saturated carbocycles. The van der Waals surface area contributed by atoms with Gasteiger partial charge in [0.25, 0.3) is 5.91 Å². The number of aromatic nitrogens is 2. The lowest BCUT2D eigenvalue weighted by molar-refractivity contribution is -0.134. The molecule has 1 unspecified atom stereocenters. The number of likely N-dealkylation sites (tertiary alicyclic amines) is 1. The number of amides is 2. The Balaban J connectivity index is 1.66. The predicted octanol–water partition coefficient (Wildman–Crippen LogP) is 2.60. The maximum Gasteiger partial charge on any atom is 0.251 e. The lowest BCUT2D eigenvalue weighted by Gasteiger charge is -2.42. The second kappa shape index (κ2) is 9.22. The maximum atomic E-state index is 12.8. The average Bonchev–Trinajstić information content (AvgIpc) is 3.27. The van der Waals surface area contributed by atoms with Crippen LogP contribution in [0.15, 0.2) is 36.8 Å². The molecule has 29 heavy (non-hydrogen) atoms. The lowest BCUT2D eigenvalue weighted by atomic mass is 9.88. The molecule has 156 valence electrons. The SMILES string of the molecule is CC(C)CCC(=O)N1CCCC(CO)(NC(=O)c2ccc(-c3cnc[nH]3)cc2)C1. The Morgan fingerprint density at radius 1 is 1.31 bits per heavy atom. The number of carbonyl (C=O) groups is 2. The van der Waals surface area contributed by atoms with E-state index < -0.39 is 5.54 Å². The van der Waals surface area contributed by atoms with Crippen LogP contribution in [-0.2, 0) is 4.79 Å². The highest BCUT2D eigenvalue weighted by Gasteiger charge is 2.38. The first-order chi connectivity index (χ1) is 13.9. The topological polar surface area (TPSA) is 98.3 Å². The fourth-order valence-corrected chi connectivity index (χ4v) is 3.71. The van der Waals surface area contributed by atoms with Crippen molar-refractivity contribution in [2.75, 3.05) is 19.7 Å². The Hall–Kier alpha value is -2.67. The number of H-pyrrole nitrogens is 1. The van der Waals surface area contributed by atoms with Crippen LogP contribution in [-0.4, -0.2) is 57.0 Å². The zero-order valence-electron chi connectivity index (χ0n) is 17.1. The summed E-state index contributed by atoms with van der Waals surface area (Å²) in [4.78, 5) is 34.2. The van der Waals surface area contributed by atoms with Gasteiger partial charge < -0.3 is 20.3 Å². The Morgan fingerprint density at radius 3 is 2.69 bits per heavy atom. The smallest absolute Gasteiger partial charge is 0.251 e. The summed E-state index contributed by atoms with van der Waals surface area (Å²) in [6.45, 7) is 5.02. The summed E-state index contributed by atoms with van der Waals surface area (Å²) in [6.07, 6.45) is 6.09. The van der Waals surface area contributed by atoms with Crippen molar-refractivity contribution in [1.29, 1.82) is 0 Å². The molecule has 1 aromatic heterocycles. The fraction of sp³-hybridized carbons (Fsp3) is 0.500. The minimum absolute atomic E-state index is 0.0920. The molecule has 1 fully saturated rings. The van der Waals surface area contributed by atoms with Crippen LogP contribution in [0.1, 0.15) is 49.9 Å². The van der Waals surface area contributed by atoms with Crippen LogP contribution in [0.3, 0.4) is 0 Å². The molecule has 1 aliphatic heterocycles. The van der Waals surface area contributed by atoms with Crippen molar-refractivity contribution in [2.24, 2.45) is 5.92 Å². The van der Waals surface area contributed by atoms with E-state index in [4.69, 9.17) is 0 Å². The highest BCUT2D eigenvalue weighted by Crippen LogP contribution is 2.23. The van der Waals surface area contributed by atoms with Crippen molar-refractivity contribution in [3.63, 3.8) is 0 Å². The number of hydrogen-bond acceptors (Lipinski definition) is 4. The number of rotatable bonds is 7. The van der Waals surface area contributed by atoms with Gasteiger partial charge in [0.2, 0.25) is 5.91 Å². The predicted molar refractivity (Wildman–Crippen MR) is 111 cm³/mol. The van der Waals surface area contributed by atoms with E-state index in [1.165, 1.54) is 0 Å². The van der Waals surface area contributed by atoms with E-state index in [2.05, 4.69) is 29.1 Å². The van der Waals surface area contributed by atoms with Crippen molar-refractivity contribution in [3.8, 4) is 11.3 Å². The van der Waals surface area contributed by atoms with E-state index in [0.29, 0.717) is 37.4 Å². The van der Waals surface area contributed by atoms with Crippen LogP contribution >= 0.6 is 0 Å². The number of nitrogens with zero attached hydrogens (tertiary/aromatic N) is 2. The number of carbonyl (C=O) groups excluding carboxylic acids is 2. The Labute approximate surface area is 171 Å². The Kier molecular flexibility index (Phi) is 6.69. The molecule has 3 N–H and O–H groups in total. The van der Waals surface area contributed by atoms with Gasteiger partial charge >= 0.3 is 0 Å². The summed E-state index contributed by atoms with van der Waals surface area (Å²) in [6, 6.07) is 7.23. The molecule has 2 heterocycles. The number of nitrogens with one attached hydrogen (secondary N) is 2. The van der Waals surface area contributed by atoms with Gasteiger partial charge in [0.1, 0.15) is 0 Å². The normalized spacial score (nSPS) is 19.4. The molecule has 1 atom stereocenters. The third kappa shape index (κ3) is 5.23. The quantitative estimate of drug-likeness (QED) is 0.668. The highest BCUT2D eigenvalue weighted by molar-refractivity contribution is 5.95. The molecule has 2 aromatic rings. The van der Waals surface area contributed by atoms with E-state index in [-0.39, 0.29) is 18.4 Å². The summed E-state index contributed by atoms with van der Waals surface area (Å²) >= 11 is 0. The number of imidazole rings is 1. The van der Waals surface area contributed by atoms with Gasteiger partial charge in [-0.25, -0.2) is 4.98 Å². The minimum Gasteiger partial charge on any atom is -0.394 e. The summed E-state index contributed by atoms with van der Waals surface area (Å²) in [7, 11) is 0. The van der Waals surface area contributed by atoms with E-state index in [1.807, 2.05) is 12.1 Å². The molecule has 0 aliphatic carbocycles. The van der Waals surface area contributed by atoms with Gasteiger partial charge in [-0.15, -0.1) is 0 Å². The molecule has 7 nitrogen and oxygen atoms in total. The molecule has 7 heteroatoms. The van der Waals surface area contributed by atoms with Crippen molar-refractivity contribution in [3.05, 3.63) is 42.4 Å². The van der Waals surface area contributed by atoms with Gasteiger partial charge in [-0.3, -0.25) is 9.59 Å². The molecule has 3 rings (SSSR count). The van der Waals surface area contributed by atoms with Crippen molar-refractivity contribution >= 4 is 11.8 Å². The molecular weight excluding hydrogens is 368 g/mol. The fourth-order valence-electron chi connectivity index (χ4n) is 3.71. The van der Waals surface area contributed by atoms with Crippen molar-refractivity contribution in [2.45, 2.75) is 45.1 Å². The van der Waals surface area contributed by atoms with Gasteiger partial charge in [-0.2, -0.15) is 0 Å². The van der Waals surface area contributed by atoms with Crippen molar-refractivity contribution in [1.82, 2.24) is 20.2 Å². The summed E-state index contributed by atoms with van der Waals surface area (Å²) < 4.78 is 0. The number of aliphatic hydroxyl groups is 1. The first-order valence-corrected chi connectivity index (χ1v) is 10.2. The van der Waals surface area contributed by atoms with Crippen LogP contribution in [0.25, 0.3) is 11.3 Å². The van der Waals surface area contributed by atoms with E-state index in [9.17, 15) is 14.7 Å². The van der Waals surface area contributed by atoms with Gasteiger partial charge in [0.15, 0.2) is 0 Å². The standard InChI is InChI=1S/C22H30N4O3/c1-16(2)4-9-20(28)26-11-3-10-22(13-26,14-27)25-21(29)18-7-5-17(6-8-18)19-12-23-15-24-19/h5-8,12,15-16,27H,3-4,9-11,13-14H2,1-2H3,(H,23,24)(H,25,29). The third-order valence-corrected chi connectivity index (χ3v) is 5.50. The van der Waals surface area contributed by atoms with Crippen molar-refractivity contribution < 1.29 is 14.7 Å². The summed E-state index contributed by atoms with van der Waals surface area (Å²) in [5.41, 5.74) is 1.54. The summed E-state index contributed by atoms with van der Waals surface area (Å²) in [5, 5.41) is 13.1. The number of hydrogen-bond donors (Lipinski definition) is 3. The van der Waals surface area contributed by atoms with Crippen LogP contribution < -0.4 is 5.32 Å². The van der Waals surface area contributed by atoms with Gasteiger partial charge in [0.05, 0.1) is 30.4 Å². The van der Waals surface area contributed by atoms with E-state index >= 15 is 0 Å². The van der Waals surface area contributed by atoms with Crippen LogP contribution in [0, 0.1) is 5.92 Å². The van der Waals surface area contributed by atoms with E-state index in [1.54, 1.807) is 29.6 Å². The highest BCUT2D eigenvalue weighted by atomic mass is 16.3. The zero-order chi connectivity index (χ0) is 20.9. The molecule has 1 aromatic carbocycles. The van der Waals surface area contributed by atoms with Gasteiger partial charge in [0, 0.05) is 25.1 Å². The number of aromatic amines is 1. The number of benzene rings is 1. The molecule has 2 amide bonds. The monoisotopic (exact) mass is 398 g/mol. The Morgan fingerprint density at radius 2 is 2.07 bits per heavy atom. The van der Waals surface area contributed by atoms with Crippen LogP contribution in [0.5, 0.6) is 0 Å². The first kappa shape index (κ1) is 21.0. The second-order valence-corrected chi connectivity index (χ2v) is 8.29. The minimum atomic E-state index is -0.801. The maximum absolute atomic E-state index is 12.8. The van der Waals surface area contributed by atoms with E-state index in [0.717, 1.165) is 24.1 Å². The number of aliphatic hydroxyl groups excluding tert-OH is 1. The summed E-state index contributed by atoms with van der Waals surface area (Å²) in [5.74, 6) is 0.317. The second-order valence-electron chi connectivity index (χ2n) is 8.29.